The van der Waals surface area contributed by atoms with Crippen LogP contribution in [0, 0.1) is 10.1 Å². The fourth-order valence-corrected chi connectivity index (χ4v) is 16.3. The average Bonchev–Trinajstić information content (AvgIpc) is 1.64. The highest BCUT2D eigenvalue weighted by Gasteiger charge is 2.39. The van der Waals surface area contributed by atoms with Crippen molar-refractivity contribution in [3.63, 3.8) is 0 Å². The van der Waals surface area contributed by atoms with Gasteiger partial charge in [0.2, 0.25) is 0 Å². The highest BCUT2D eigenvalue weighted by molar-refractivity contribution is 6.30. The SMILES string of the molecule is CNc1cc2nn3c(cnc13)C(=O)NC1CC(C1)OCc1ccc(OC)c(c1)N2.COc1ccc(COC2CC(NC(=O)c3cnc4c(N(C)C(=O)OC(C)(C)C)cc(Cl)nn34)C2)cc1N.COc1ccc(COC2CC(NC(=O)c3cnc4c(N(C)C(=O)OC(C)(C)C)cc(Cl)nn34)C2)cc1[N+](=O)[O-].COc1ccc2cc1Nc1cc(N(C)C(=O)OC(C)(C)C)c3ncc(n3n1)C(=O)NC1CC(C1)OC2. The minimum absolute atomic E-state index is 0.00909. The monoisotopic (exact) mass is 1980 g/mol. The smallest absolute Gasteiger partial charge is 0.414 e. The minimum Gasteiger partial charge on any atom is -0.495 e. The molecule has 8 aromatic heterocycles. The lowest BCUT2D eigenvalue weighted by Crippen LogP contribution is -2.48. The predicted octanol–water partition coefficient (Wildman–Crippen LogP) is 13.9. The van der Waals surface area contributed by atoms with Crippen molar-refractivity contribution in [3.8, 4) is 23.0 Å². The van der Waals surface area contributed by atoms with Crippen molar-refractivity contribution in [1.82, 2.24) is 79.7 Å². The van der Waals surface area contributed by atoms with Gasteiger partial charge in [0.15, 0.2) is 73.1 Å². The summed E-state index contributed by atoms with van der Waals surface area (Å²) in [6.45, 7) is 17.5. The molecule has 8 aliphatic rings. The number of methoxy groups -OCH3 is 4. The Morgan fingerprint density at radius 1 is 0.496 bits per heavy atom. The number of carbonyl (C=O) groups is 7. The Bertz CT molecular complexity index is 6730. The Balaban J connectivity index is 0.000000143. The fourth-order valence-electron chi connectivity index (χ4n) is 15.9. The summed E-state index contributed by atoms with van der Waals surface area (Å²) >= 11 is 12.4. The lowest BCUT2D eigenvalue weighted by atomic mass is 9.89. The predicted molar refractivity (Wildman–Crippen MR) is 521 cm³/mol. The van der Waals surface area contributed by atoms with Crippen LogP contribution in [0.5, 0.6) is 23.0 Å². The molecule has 4 aliphatic carbocycles. The van der Waals surface area contributed by atoms with Crippen LogP contribution in [0.4, 0.5) is 71.5 Å². The van der Waals surface area contributed by atoms with Gasteiger partial charge in [-0.25, -0.2) is 52.4 Å². The van der Waals surface area contributed by atoms with Crippen molar-refractivity contribution in [1.29, 1.82) is 0 Å². The van der Waals surface area contributed by atoms with E-state index in [-0.39, 0.29) is 117 Å². The molecule has 9 N–H and O–H groups in total. The maximum absolute atomic E-state index is 13.1. The van der Waals surface area contributed by atoms with Gasteiger partial charge >= 0.3 is 24.0 Å². The Morgan fingerprint density at radius 3 is 1.29 bits per heavy atom. The lowest BCUT2D eigenvalue weighted by molar-refractivity contribution is -0.385. The summed E-state index contributed by atoms with van der Waals surface area (Å²) in [7, 11) is 12.6. The van der Waals surface area contributed by atoms with Crippen LogP contribution in [-0.4, -0.2) is 227 Å². The second-order valence-corrected chi connectivity index (χ2v) is 38.2. The van der Waals surface area contributed by atoms with Crippen LogP contribution in [0.25, 0.3) is 22.6 Å². The Labute approximate surface area is 819 Å². The number of carbonyl (C=O) groups excluding carboxylic acids is 7. The van der Waals surface area contributed by atoms with Crippen LogP contribution in [0.3, 0.4) is 0 Å². The molecule has 4 aromatic carbocycles. The second kappa shape index (κ2) is 42.1. The number of nitrogens with zero attached hydrogens (tertiary/aromatic N) is 16. The molecule has 0 radical (unpaired) electrons. The van der Waals surface area contributed by atoms with Crippen molar-refractivity contribution in [2.45, 2.75) is 205 Å². The molecule has 4 aliphatic heterocycles. The normalized spacial score (nSPS) is 18.4. The molecule has 12 bridgehead atoms. The number of aromatic nitrogens is 12. The van der Waals surface area contributed by atoms with Gasteiger partial charge in [-0.1, -0.05) is 47.5 Å². The zero-order valence-electron chi connectivity index (χ0n) is 80.8. The third-order valence-electron chi connectivity index (χ3n) is 23.5. The number of benzene rings is 4. The van der Waals surface area contributed by atoms with Gasteiger partial charge in [-0.15, -0.1) is 10.2 Å². The topological polar surface area (TPSA) is 505 Å². The number of halogens is 2. The number of nitro groups is 1. The number of anilines is 9. The number of hydrogen-bond acceptors (Lipinski definition) is 32. The van der Waals surface area contributed by atoms with E-state index in [1.807, 2.05) is 67.7 Å². The summed E-state index contributed by atoms with van der Waals surface area (Å²) in [5, 5.41) is 50.7. The molecule has 0 unspecified atom stereocenters. The number of fused-ring (bicyclic) bond motifs is 6. The lowest BCUT2D eigenvalue weighted by Gasteiger charge is -2.35. The maximum Gasteiger partial charge on any atom is 0.414 e. The summed E-state index contributed by atoms with van der Waals surface area (Å²) in [6, 6.07) is 28.3. The quantitative estimate of drug-likeness (QED) is 0.0161. The Hall–Kier alpha value is -14.7. The number of nitro benzene ring substituents is 1. The molecule has 44 nitrogen and oxygen atoms in total. The maximum atomic E-state index is 13.1. The van der Waals surface area contributed by atoms with E-state index in [0.717, 1.165) is 53.7 Å². The molecule has 46 heteroatoms. The molecule has 0 saturated heterocycles. The number of nitrogens with one attached hydrogen (secondary N) is 7. The first-order valence-corrected chi connectivity index (χ1v) is 46.1. The fraction of sp³-hybridized carbons (Fsp3) is 0.421. The van der Waals surface area contributed by atoms with Gasteiger partial charge in [-0.05, 0) is 178 Å². The number of imidazole rings is 4. The number of nitrogens with two attached hydrogens (primary N) is 1. The van der Waals surface area contributed by atoms with Crippen molar-refractivity contribution in [2.24, 2.45) is 0 Å². The van der Waals surface area contributed by atoms with Gasteiger partial charge in [-0.2, -0.15) is 10.2 Å². The molecule has 4 fully saturated rings. The summed E-state index contributed by atoms with van der Waals surface area (Å²) in [6.07, 6.45) is 9.72. The number of amides is 7. The van der Waals surface area contributed by atoms with Crippen molar-refractivity contribution in [2.75, 3.05) is 93.0 Å². The zero-order chi connectivity index (χ0) is 101. The standard InChI is InChI=1S/C25H29ClN6O7.C25H31ClN6O5.C25H30N6O5.C20H22N6O3/c1-25(2,3)39-24(34)30(4)18-11-21(26)29-31-19(12-27-22(18)31)23(33)28-15-9-16(10-15)38-13-14-6-7-20(37-5)17(8-14)32(35)36;1-25(2,3)37-24(34)31(4)18-11-21(26)30-32-19(12-28-22(18)32)23(33)29-15-9-16(10-15)36-13-14-6-7-20(35-5)17(27)8-14;1-25(2,3)36-24(33)30(4)18-11-21-28-17-8-14(6-7-20(17)34-5)13-35-16-9-15(10-16)27-23(32)19-12-26-22(18)31(19)29-21;1-21-15-8-18-24-14-5-11(3-4-17(14)28-2)10-29-13-6-12(7-13)23-20(27)16-9-22-19(15)26(16)25-18/h6-8,11-12,15-16H,9-10,13H2,1-5H3,(H,28,33);6-8,11-12,15-16H,9-10,13,27H2,1-5H3,(H,29,33);6-8,11-12,15-16H,9-10,13H2,1-5H3,(H,27,32)(H,28,29);3-5,8-9,12-13,21H,6-7,10H2,1-2H3,(H,23,27)(H,24,25). The van der Waals surface area contributed by atoms with Gasteiger partial charge in [0.1, 0.15) is 34.1 Å². The molecular weight excluding hydrogens is 1870 g/mol. The average molecular weight is 1980 g/mol. The molecule has 746 valence electrons. The van der Waals surface area contributed by atoms with Crippen LogP contribution in [0.15, 0.2) is 122 Å². The first-order valence-electron chi connectivity index (χ1n) is 45.3. The van der Waals surface area contributed by atoms with E-state index in [0.29, 0.717) is 131 Å². The van der Waals surface area contributed by atoms with Gasteiger partial charge < -0.3 is 95.1 Å². The number of rotatable bonds is 19. The second-order valence-electron chi connectivity index (χ2n) is 37.4. The molecule has 12 heterocycles. The van der Waals surface area contributed by atoms with E-state index in [1.165, 1.54) is 85.3 Å². The highest BCUT2D eigenvalue weighted by Crippen LogP contribution is 2.39. The molecule has 0 spiro atoms. The molecule has 141 heavy (non-hydrogen) atoms. The van der Waals surface area contributed by atoms with E-state index in [2.05, 4.69) is 77.5 Å². The van der Waals surface area contributed by atoms with Gasteiger partial charge in [-0.3, -0.25) is 44.0 Å². The van der Waals surface area contributed by atoms with E-state index < -0.39 is 45.9 Å². The first-order chi connectivity index (χ1) is 67.0. The van der Waals surface area contributed by atoms with Crippen molar-refractivity contribution in [3.05, 3.63) is 187 Å². The largest absolute Gasteiger partial charge is 0.495 e. The van der Waals surface area contributed by atoms with E-state index in [4.69, 9.17) is 81.0 Å². The minimum atomic E-state index is -0.699. The van der Waals surface area contributed by atoms with Gasteiger partial charge in [0.05, 0.1) is 149 Å². The molecule has 20 rings (SSSR count). The zero-order valence-corrected chi connectivity index (χ0v) is 82.3. The van der Waals surface area contributed by atoms with Crippen LogP contribution in [0.2, 0.25) is 10.3 Å². The van der Waals surface area contributed by atoms with Crippen molar-refractivity contribution < 1.29 is 90.6 Å². The molecule has 0 atom stereocenters. The molecule has 4 saturated carbocycles. The Morgan fingerprint density at radius 2 is 0.879 bits per heavy atom. The highest BCUT2D eigenvalue weighted by atomic mass is 35.5. The van der Waals surface area contributed by atoms with Gasteiger partial charge in [0.25, 0.3) is 23.6 Å². The summed E-state index contributed by atoms with van der Waals surface area (Å²) in [5.74, 6) is 1.81. The third kappa shape index (κ3) is 23.9. The summed E-state index contributed by atoms with van der Waals surface area (Å²) in [4.78, 5) is 122. The summed E-state index contributed by atoms with van der Waals surface area (Å²) in [5.41, 5.74) is 13.8. The van der Waals surface area contributed by atoms with Gasteiger partial charge in [0, 0.05) is 82.7 Å². The number of hydrogen-bond donors (Lipinski definition) is 8. The van der Waals surface area contributed by atoms with Crippen LogP contribution >= 0.6 is 23.2 Å². The number of ether oxygens (including phenoxy) is 11. The summed E-state index contributed by atoms with van der Waals surface area (Å²) < 4.78 is 67.1. The van der Waals surface area contributed by atoms with Crippen LogP contribution in [-0.2, 0) is 59.6 Å². The van der Waals surface area contributed by atoms with E-state index in [1.54, 1.807) is 121 Å². The third-order valence-corrected chi connectivity index (χ3v) is 23.9. The van der Waals surface area contributed by atoms with Crippen molar-refractivity contribution >= 4 is 145 Å². The number of nitrogen functional groups attached to an aromatic ring is 1. The molecular formula is C95H112Cl2N24O20. The van der Waals surface area contributed by atoms with Crippen LogP contribution in [0.1, 0.15) is 178 Å². The molecule has 7 amide bonds. The van der Waals surface area contributed by atoms with E-state index >= 15 is 0 Å². The molecule has 12 aromatic rings. The van der Waals surface area contributed by atoms with Crippen LogP contribution < -0.4 is 76.6 Å². The first kappa shape index (κ1) is 101. The Kier molecular flexibility index (Phi) is 30.1. The van der Waals surface area contributed by atoms with E-state index in [9.17, 15) is 43.7 Å².